The average Bonchev–Trinajstić information content (AvgIpc) is 2.22. The summed E-state index contributed by atoms with van der Waals surface area (Å²) in [5.41, 5.74) is 1.42. The number of amides is 1. The molecule has 0 aliphatic heterocycles. The summed E-state index contributed by atoms with van der Waals surface area (Å²) in [6.45, 7) is 2.45. The van der Waals surface area contributed by atoms with E-state index < -0.39 is 0 Å². The normalized spacial score (nSPS) is 10.1. The molecule has 0 heterocycles. The van der Waals surface area contributed by atoms with E-state index in [2.05, 4.69) is 5.32 Å². The molecule has 1 aromatic rings. The van der Waals surface area contributed by atoms with Gasteiger partial charge in [0.15, 0.2) is 0 Å². The molecule has 1 amide bonds. The molecular formula is C11H13Cl2NO. The molecule has 0 bridgehead atoms. The van der Waals surface area contributed by atoms with Gasteiger partial charge in [0, 0.05) is 12.4 Å². The Balaban J connectivity index is 2.69. The van der Waals surface area contributed by atoms with Crippen LogP contribution in [0.1, 0.15) is 22.3 Å². The molecule has 0 unspecified atom stereocenters. The Morgan fingerprint density at radius 2 is 2.20 bits per heavy atom. The van der Waals surface area contributed by atoms with Crippen molar-refractivity contribution in [3.05, 3.63) is 34.3 Å². The topological polar surface area (TPSA) is 29.1 Å². The first-order valence-corrected chi connectivity index (χ1v) is 5.67. The first-order chi connectivity index (χ1) is 7.16. The van der Waals surface area contributed by atoms with Crippen LogP contribution in [0, 0.1) is 6.92 Å². The molecule has 1 aromatic carbocycles. The largest absolute Gasteiger partial charge is 0.352 e. The van der Waals surface area contributed by atoms with E-state index in [-0.39, 0.29) is 5.91 Å². The fraction of sp³-hybridized carbons (Fsp3) is 0.364. The van der Waals surface area contributed by atoms with E-state index >= 15 is 0 Å². The van der Waals surface area contributed by atoms with Crippen molar-refractivity contribution in [2.75, 3.05) is 12.4 Å². The van der Waals surface area contributed by atoms with Gasteiger partial charge >= 0.3 is 0 Å². The lowest BCUT2D eigenvalue weighted by Gasteiger charge is -2.07. The number of hydrogen-bond acceptors (Lipinski definition) is 1. The predicted octanol–water partition coefficient (Wildman–Crippen LogP) is 3.01. The standard InChI is InChI=1S/C11H13Cl2NO/c1-8-4-2-5-9(10(8)13)11(15)14-7-3-6-12/h2,4-5H,3,6-7H2,1H3,(H,14,15). The molecule has 4 heteroatoms. The van der Waals surface area contributed by atoms with E-state index in [1.165, 1.54) is 0 Å². The fourth-order valence-electron chi connectivity index (χ4n) is 1.19. The van der Waals surface area contributed by atoms with Gasteiger partial charge in [-0.05, 0) is 25.0 Å². The number of alkyl halides is 1. The molecule has 0 fully saturated rings. The summed E-state index contributed by atoms with van der Waals surface area (Å²) in [5, 5.41) is 3.27. The smallest absolute Gasteiger partial charge is 0.252 e. The van der Waals surface area contributed by atoms with Crippen LogP contribution in [0.4, 0.5) is 0 Å². The van der Waals surface area contributed by atoms with Gasteiger partial charge in [0.2, 0.25) is 0 Å². The van der Waals surface area contributed by atoms with Crippen molar-refractivity contribution in [2.24, 2.45) is 0 Å². The molecule has 15 heavy (non-hydrogen) atoms. The zero-order chi connectivity index (χ0) is 11.3. The summed E-state index contributed by atoms with van der Waals surface area (Å²) in [4.78, 5) is 11.7. The van der Waals surface area contributed by atoms with Crippen LogP contribution in [0.2, 0.25) is 5.02 Å². The van der Waals surface area contributed by atoms with Gasteiger partial charge in [0.25, 0.3) is 5.91 Å². The highest BCUT2D eigenvalue weighted by Gasteiger charge is 2.10. The quantitative estimate of drug-likeness (QED) is 0.642. The van der Waals surface area contributed by atoms with Gasteiger partial charge in [-0.25, -0.2) is 0 Å². The van der Waals surface area contributed by atoms with Gasteiger partial charge in [0.05, 0.1) is 10.6 Å². The number of halogens is 2. The molecule has 0 atom stereocenters. The maximum Gasteiger partial charge on any atom is 0.252 e. The number of carbonyl (C=O) groups is 1. The van der Waals surface area contributed by atoms with E-state index in [1.54, 1.807) is 6.07 Å². The zero-order valence-electron chi connectivity index (χ0n) is 8.52. The highest BCUT2D eigenvalue weighted by molar-refractivity contribution is 6.34. The maximum absolute atomic E-state index is 11.7. The fourth-order valence-corrected chi connectivity index (χ4v) is 1.53. The predicted molar refractivity (Wildman–Crippen MR) is 63.9 cm³/mol. The van der Waals surface area contributed by atoms with E-state index in [9.17, 15) is 4.79 Å². The lowest BCUT2D eigenvalue weighted by atomic mass is 10.1. The Hall–Kier alpha value is -0.730. The molecule has 1 rings (SSSR count). The minimum absolute atomic E-state index is 0.145. The third-order valence-corrected chi connectivity index (χ3v) is 2.80. The second-order valence-corrected chi connectivity index (χ2v) is 3.99. The van der Waals surface area contributed by atoms with Crippen molar-refractivity contribution in [2.45, 2.75) is 13.3 Å². The van der Waals surface area contributed by atoms with Crippen LogP contribution in [-0.4, -0.2) is 18.3 Å². The summed E-state index contributed by atoms with van der Waals surface area (Å²) < 4.78 is 0. The molecule has 0 spiro atoms. The second-order valence-electron chi connectivity index (χ2n) is 3.23. The summed E-state index contributed by atoms with van der Waals surface area (Å²) >= 11 is 11.5. The lowest BCUT2D eigenvalue weighted by Crippen LogP contribution is -2.25. The third-order valence-electron chi connectivity index (χ3n) is 2.03. The van der Waals surface area contributed by atoms with Gasteiger partial charge < -0.3 is 5.32 Å². The van der Waals surface area contributed by atoms with Gasteiger partial charge in [-0.3, -0.25) is 4.79 Å². The average molecular weight is 246 g/mol. The van der Waals surface area contributed by atoms with Gasteiger partial charge in [-0.1, -0.05) is 23.7 Å². The Morgan fingerprint density at radius 1 is 1.47 bits per heavy atom. The molecule has 0 aliphatic rings. The van der Waals surface area contributed by atoms with Crippen LogP contribution < -0.4 is 5.32 Å². The summed E-state index contributed by atoms with van der Waals surface area (Å²) in [6, 6.07) is 5.40. The highest BCUT2D eigenvalue weighted by Crippen LogP contribution is 2.19. The molecule has 0 saturated carbocycles. The first-order valence-electron chi connectivity index (χ1n) is 4.76. The van der Waals surface area contributed by atoms with E-state index in [0.29, 0.717) is 23.0 Å². The molecule has 82 valence electrons. The van der Waals surface area contributed by atoms with E-state index in [4.69, 9.17) is 23.2 Å². The van der Waals surface area contributed by atoms with Crippen LogP contribution in [0.3, 0.4) is 0 Å². The molecule has 1 N–H and O–H groups in total. The van der Waals surface area contributed by atoms with Crippen LogP contribution in [0.25, 0.3) is 0 Å². The second kappa shape index (κ2) is 5.99. The van der Waals surface area contributed by atoms with Gasteiger partial charge in [0.1, 0.15) is 0 Å². The highest BCUT2D eigenvalue weighted by atomic mass is 35.5. The summed E-state index contributed by atoms with van der Waals surface area (Å²) in [6.07, 6.45) is 0.761. The zero-order valence-corrected chi connectivity index (χ0v) is 10.0. The van der Waals surface area contributed by atoms with Crippen LogP contribution in [0.5, 0.6) is 0 Å². The number of nitrogens with one attached hydrogen (secondary N) is 1. The number of rotatable bonds is 4. The third kappa shape index (κ3) is 3.40. The number of carbonyl (C=O) groups excluding carboxylic acids is 1. The summed E-state index contributed by atoms with van der Waals surface area (Å²) in [7, 11) is 0. The van der Waals surface area contributed by atoms with Gasteiger partial charge in [-0.2, -0.15) is 0 Å². The first kappa shape index (κ1) is 12.3. The van der Waals surface area contributed by atoms with Gasteiger partial charge in [-0.15, -0.1) is 11.6 Å². The number of benzene rings is 1. The minimum atomic E-state index is -0.145. The van der Waals surface area contributed by atoms with Crippen molar-refractivity contribution in [1.82, 2.24) is 5.32 Å². The Kier molecular flexibility index (Phi) is 4.92. The molecule has 0 aliphatic carbocycles. The van der Waals surface area contributed by atoms with E-state index in [1.807, 2.05) is 19.1 Å². The van der Waals surface area contributed by atoms with Crippen molar-refractivity contribution >= 4 is 29.1 Å². The molecule has 0 aromatic heterocycles. The SMILES string of the molecule is Cc1cccc(C(=O)NCCCCl)c1Cl. The molecule has 0 saturated heterocycles. The van der Waals surface area contributed by atoms with Crippen molar-refractivity contribution in [1.29, 1.82) is 0 Å². The molecule has 2 nitrogen and oxygen atoms in total. The Labute approximate surface area is 99.6 Å². The Morgan fingerprint density at radius 3 is 2.87 bits per heavy atom. The maximum atomic E-state index is 11.7. The number of aryl methyl sites for hydroxylation is 1. The minimum Gasteiger partial charge on any atom is -0.352 e. The number of hydrogen-bond donors (Lipinski definition) is 1. The van der Waals surface area contributed by atoms with Crippen molar-refractivity contribution < 1.29 is 4.79 Å². The molecule has 0 radical (unpaired) electrons. The summed E-state index contributed by atoms with van der Waals surface area (Å²) in [5.74, 6) is 0.399. The van der Waals surface area contributed by atoms with Crippen molar-refractivity contribution in [3.63, 3.8) is 0 Å². The van der Waals surface area contributed by atoms with Crippen LogP contribution >= 0.6 is 23.2 Å². The van der Waals surface area contributed by atoms with Crippen LogP contribution in [-0.2, 0) is 0 Å². The van der Waals surface area contributed by atoms with Crippen LogP contribution in [0.15, 0.2) is 18.2 Å². The van der Waals surface area contributed by atoms with Crippen molar-refractivity contribution in [3.8, 4) is 0 Å². The Bertz CT molecular complexity index is 352. The lowest BCUT2D eigenvalue weighted by molar-refractivity contribution is 0.0954. The monoisotopic (exact) mass is 245 g/mol. The molecular weight excluding hydrogens is 233 g/mol. The van der Waals surface area contributed by atoms with E-state index in [0.717, 1.165) is 12.0 Å².